The molecule has 100 valence electrons. The molecule has 0 unspecified atom stereocenters. The van der Waals surface area contributed by atoms with E-state index in [0.717, 1.165) is 15.1 Å². The third-order valence-electron chi connectivity index (χ3n) is 2.68. The van der Waals surface area contributed by atoms with E-state index in [1.807, 2.05) is 18.2 Å². The molecule has 1 heterocycles. The number of thiol groups is 1. The van der Waals surface area contributed by atoms with Gasteiger partial charge in [-0.05, 0) is 36.4 Å². The van der Waals surface area contributed by atoms with Gasteiger partial charge in [-0.2, -0.15) is 0 Å². The second kappa shape index (κ2) is 5.44. The highest BCUT2D eigenvalue weighted by Crippen LogP contribution is 2.28. The molecule has 0 saturated carbocycles. The fourth-order valence-corrected chi connectivity index (χ4v) is 3.13. The Morgan fingerprint density at radius 2 is 2.10 bits per heavy atom. The third-order valence-corrected chi connectivity index (χ3v) is 4.13. The highest BCUT2D eigenvalue weighted by Gasteiger charge is 2.10. The van der Waals surface area contributed by atoms with Gasteiger partial charge in [0.05, 0.1) is 10.2 Å². The number of hydrogen-bond acceptors (Lipinski definition) is 4. The molecule has 3 nitrogen and oxygen atoms in total. The first-order chi connectivity index (χ1) is 9.61. The van der Waals surface area contributed by atoms with Crippen molar-refractivity contribution in [1.82, 2.24) is 4.98 Å². The summed E-state index contributed by atoms with van der Waals surface area (Å²) in [5, 5.41) is 3.99. The zero-order chi connectivity index (χ0) is 14.1. The Bertz CT molecular complexity index is 801. The molecule has 0 fully saturated rings. The molecule has 20 heavy (non-hydrogen) atoms. The Balaban J connectivity index is 1.87. The zero-order valence-electron chi connectivity index (χ0n) is 10.1. The molecule has 0 saturated heterocycles. The van der Waals surface area contributed by atoms with Gasteiger partial charge in [-0.1, -0.05) is 29.0 Å². The summed E-state index contributed by atoms with van der Waals surface area (Å²) < 4.78 is 0.941. The molecule has 1 N–H and O–H groups in total. The second-order valence-corrected chi connectivity index (χ2v) is 6.12. The molecule has 6 heteroatoms. The highest BCUT2D eigenvalue weighted by atomic mass is 35.5. The van der Waals surface area contributed by atoms with Crippen LogP contribution in [0.2, 0.25) is 5.02 Å². The summed E-state index contributed by atoms with van der Waals surface area (Å²) in [5.74, 6) is -0.203. The Labute approximate surface area is 130 Å². The van der Waals surface area contributed by atoms with E-state index in [9.17, 15) is 4.79 Å². The molecule has 0 radical (unpaired) electrons. The van der Waals surface area contributed by atoms with Gasteiger partial charge < -0.3 is 0 Å². The maximum atomic E-state index is 12.1. The molecular weight excluding hydrogens is 312 g/mol. The first kappa shape index (κ1) is 13.4. The van der Waals surface area contributed by atoms with Crippen molar-refractivity contribution < 1.29 is 4.79 Å². The number of halogens is 1. The van der Waals surface area contributed by atoms with Crippen molar-refractivity contribution in [3.63, 3.8) is 0 Å². The van der Waals surface area contributed by atoms with Crippen molar-refractivity contribution >= 4 is 56.8 Å². The van der Waals surface area contributed by atoms with Gasteiger partial charge in [0.1, 0.15) is 0 Å². The van der Waals surface area contributed by atoms with E-state index >= 15 is 0 Å². The third kappa shape index (κ3) is 2.80. The standard InChI is InChI=1S/C14H9ClN2OS2/c15-9-4-5-11-12(7-9)20-14(16-11)17-13(18)8-2-1-3-10(19)6-8/h1-7,19H,(H,16,17,18). The number of rotatable bonds is 2. The van der Waals surface area contributed by atoms with Crippen LogP contribution in [0.15, 0.2) is 47.4 Å². The number of aromatic nitrogens is 1. The smallest absolute Gasteiger partial charge is 0.257 e. The maximum absolute atomic E-state index is 12.1. The summed E-state index contributed by atoms with van der Waals surface area (Å²) in [7, 11) is 0. The van der Waals surface area contributed by atoms with E-state index in [2.05, 4.69) is 22.9 Å². The molecule has 0 spiro atoms. The number of amides is 1. The lowest BCUT2D eigenvalue weighted by molar-refractivity contribution is 0.102. The number of benzene rings is 2. The number of carbonyl (C=O) groups excluding carboxylic acids is 1. The Hall–Kier alpha value is -1.56. The fourth-order valence-electron chi connectivity index (χ4n) is 1.77. The minimum atomic E-state index is -0.203. The predicted octanol–water partition coefficient (Wildman–Crippen LogP) is 4.49. The van der Waals surface area contributed by atoms with Crippen molar-refractivity contribution in [3.05, 3.63) is 53.1 Å². The first-order valence-electron chi connectivity index (χ1n) is 5.78. The van der Waals surface area contributed by atoms with E-state index in [-0.39, 0.29) is 5.91 Å². The number of thiazole rings is 1. The number of hydrogen-bond donors (Lipinski definition) is 2. The summed E-state index contributed by atoms with van der Waals surface area (Å²) in [5.41, 5.74) is 1.37. The van der Waals surface area contributed by atoms with Gasteiger partial charge in [-0.15, -0.1) is 12.6 Å². The largest absolute Gasteiger partial charge is 0.298 e. The summed E-state index contributed by atoms with van der Waals surface area (Å²) in [6.07, 6.45) is 0. The molecule has 0 atom stereocenters. The topological polar surface area (TPSA) is 42.0 Å². The summed E-state index contributed by atoms with van der Waals surface area (Å²) in [6, 6.07) is 12.5. The SMILES string of the molecule is O=C(Nc1nc2ccc(Cl)cc2s1)c1cccc(S)c1. The van der Waals surface area contributed by atoms with Crippen LogP contribution < -0.4 is 5.32 Å². The molecule has 0 aliphatic carbocycles. The van der Waals surface area contributed by atoms with E-state index < -0.39 is 0 Å². The van der Waals surface area contributed by atoms with Gasteiger partial charge in [0.2, 0.25) is 0 Å². The number of nitrogens with zero attached hydrogens (tertiary/aromatic N) is 1. The van der Waals surface area contributed by atoms with Crippen LogP contribution in [0, 0.1) is 0 Å². The molecule has 3 rings (SSSR count). The van der Waals surface area contributed by atoms with Gasteiger partial charge in [0.15, 0.2) is 5.13 Å². The maximum Gasteiger partial charge on any atom is 0.257 e. The Kier molecular flexibility index (Phi) is 3.65. The van der Waals surface area contributed by atoms with E-state index in [4.69, 9.17) is 11.6 Å². The minimum Gasteiger partial charge on any atom is -0.298 e. The Morgan fingerprint density at radius 3 is 2.90 bits per heavy atom. The second-order valence-electron chi connectivity index (χ2n) is 4.14. The lowest BCUT2D eigenvalue weighted by atomic mass is 10.2. The number of carbonyl (C=O) groups is 1. The summed E-state index contributed by atoms with van der Waals surface area (Å²) >= 11 is 11.5. The monoisotopic (exact) mass is 320 g/mol. The minimum absolute atomic E-state index is 0.203. The lowest BCUT2D eigenvalue weighted by Crippen LogP contribution is -2.11. The molecule has 1 amide bonds. The molecular formula is C14H9ClN2OS2. The van der Waals surface area contributed by atoms with Crippen LogP contribution in [0.3, 0.4) is 0 Å². The summed E-state index contributed by atoms with van der Waals surface area (Å²) in [4.78, 5) is 17.2. The van der Waals surface area contributed by atoms with Crippen molar-refractivity contribution in [2.24, 2.45) is 0 Å². The van der Waals surface area contributed by atoms with Gasteiger partial charge in [0, 0.05) is 15.5 Å². The molecule has 0 aliphatic heterocycles. The predicted molar refractivity (Wildman–Crippen MR) is 86.3 cm³/mol. The van der Waals surface area contributed by atoms with E-state index in [0.29, 0.717) is 15.7 Å². The van der Waals surface area contributed by atoms with Crippen LogP contribution >= 0.6 is 35.6 Å². The summed E-state index contributed by atoms with van der Waals surface area (Å²) in [6.45, 7) is 0. The van der Waals surface area contributed by atoms with Crippen LogP contribution in [0.25, 0.3) is 10.2 Å². The van der Waals surface area contributed by atoms with Crippen molar-refractivity contribution in [2.75, 3.05) is 5.32 Å². The van der Waals surface area contributed by atoms with Gasteiger partial charge in [-0.25, -0.2) is 4.98 Å². The lowest BCUT2D eigenvalue weighted by Gasteiger charge is -2.01. The van der Waals surface area contributed by atoms with Gasteiger partial charge >= 0.3 is 0 Å². The van der Waals surface area contributed by atoms with Gasteiger partial charge in [-0.3, -0.25) is 10.1 Å². The quantitative estimate of drug-likeness (QED) is 0.683. The molecule has 3 aromatic rings. The Morgan fingerprint density at radius 1 is 1.25 bits per heavy atom. The number of fused-ring (bicyclic) bond motifs is 1. The van der Waals surface area contributed by atoms with Crippen LogP contribution in [-0.4, -0.2) is 10.9 Å². The van der Waals surface area contributed by atoms with Crippen LogP contribution in [0.4, 0.5) is 5.13 Å². The average Bonchev–Trinajstić information content (AvgIpc) is 2.80. The highest BCUT2D eigenvalue weighted by molar-refractivity contribution is 7.80. The van der Waals surface area contributed by atoms with Gasteiger partial charge in [0.25, 0.3) is 5.91 Å². The first-order valence-corrected chi connectivity index (χ1v) is 7.42. The zero-order valence-corrected chi connectivity index (χ0v) is 12.6. The van der Waals surface area contributed by atoms with Crippen LogP contribution in [0.5, 0.6) is 0 Å². The van der Waals surface area contributed by atoms with E-state index in [1.54, 1.807) is 24.3 Å². The van der Waals surface area contributed by atoms with Crippen molar-refractivity contribution in [2.45, 2.75) is 4.90 Å². The van der Waals surface area contributed by atoms with Crippen LogP contribution in [0.1, 0.15) is 10.4 Å². The average molecular weight is 321 g/mol. The molecule has 0 bridgehead atoms. The van der Waals surface area contributed by atoms with Crippen LogP contribution in [-0.2, 0) is 0 Å². The number of nitrogens with one attached hydrogen (secondary N) is 1. The molecule has 1 aromatic heterocycles. The molecule has 0 aliphatic rings. The molecule has 2 aromatic carbocycles. The van der Waals surface area contributed by atoms with E-state index in [1.165, 1.54) is 11.3 Å². The van der Waals surface area contributed by atoms with Crippen molar-refractivity contribution in [1.29, 1.82) is 0 Å². The normalized spacial score (nSPS) is 10.7. The number of anilines is 1. The fraction of sp³-hybridized carbons (Fsp3) is 0. The van der Waals surface area contributed by atoms with Crippen molar-refractivity contribution in [3.8, 4) is 0 Å².